The number of rotatable bonds is 4. The van der Waals surface area contributed by atoms with E-state index < -0.39 is 0 Å². The molecule has 1 unspecified atom stereocenters. The lowest BCUT2D eigenvalue weighted by molar-refractivity contribution is -0.120. The highest BCUT2D eigenvalue weighted by Gasteiger charge is 2.19. The van der Waals surface area contributed by atoms with Crippen LogP contribution >= 0.6 is 23.5 Å². The first-order chi connectivity index (χ1) is 11.2. The van der Waals surface area contributed by atoms with Crippen LogP contribution in [0.25, 0.3) is 0 Å². The number of hydrogen-bond donors (Lipinski definition) is 1. The normalized spacial score (nSPS) is 14.6. The Hall–Kier alpha value is -1.72. The average Bonchev–Trinajstić information content (AvgIpc) is 2.60. The molecule has 1 atom stereocenters. The maximum atomic E-state index is 12.2. The molecule has 2 aromatic rings. The van der Waals surface area contributed by atoms with Gasteiger partial charge in [0.1, 0.15) is 4.38 Å². The van der Waals surface area contributed by atoms with E-state index in [-0.39, 0.29) is 11.2 Å². The number of amides is 1. The number of benzene rings is 2. The summed E-state index contributed by atoms with van der Waals surface area (Å²) in [7, 11) is 0. The summed E-state index contributed by atoms with van der Waals surface area (Å²) in [5.74, 6) is 0.960. The summed E-state index contributed by atoms with van der Waals surface area (Å²) < 4.78 is 0.964. The number of nitrogens with zero attached hydrogens (tertiary/aromatic N) is 1. The Balaban J connectivity index is 1.56. The van der Waals surface area contributed by atoms with Gasteiger partial charge >= 0.3 is 0 Å². The summed E-state index contributed by atoms with van der Waals surface area (Å²) in [4.78, 5) is 16.9. The minimum absolute atomic E-state index is 0.0426. The molecule has 0 spiro atoms. The van der Waals surface area contributed by atoms with Gasteiger partial charge in [0.25, 0.3) is 0 Å². The number of nitrogens with one attached hydrogen (secondary N) is 1. The molecule has 3 nitrogen and oxygen atoms in total. The first-order valence-electron chi connectivity index (χ1n) is 7.50. The van der Waals surface area contributed by atoms with Crippen LogP contribution in [-0.2, 0) is 17.1 Å². The van der Waals surface area contributed by atoms with Crippen molar-refractivity contribution in [2.24, 2.45) is 4.99 Å². The number of aliphatic imine (C=N–C) groups is 1. The second-order valence-corrected chi connectivity index (χ2v) is 7.81. The fourth-order valence-electron chi connectivity index (χ4n) is 2.21. The molecule has 0 bridgehead atoms. The average molecular weight is 342 g/mol. The number of fused-ring (bicyclic) bond motifs is 1. The van der Waals surface area contributed by atoms with E-state index in [4.69, 9.17) is 0 Å². The van der Waals surface area contributed by atoms with Gasteiger partial charge in [0.2, 0.25) is 5.91 Å². The van der Waals surface area contributed by atoms with Gasteiger partial charge in [-0.2, -0.15) is 0 Å². The molecular weight excluding hydrogens is 324 g/mol. The number of carbonyl (C=O) groups excluding carboxylic acids is 1. The highest BCUT2D eigenvalue weighted by molar-refractivity contribution is 8.39. The summed E-state index contributed by atoms with van der Waals surface area (Å²) in [6.07, 6.45) is 0. The molecule has 23 heavy (non-hydrogen) atoms. The maximum Gasteiger partial charge on any atom is 0.233 e. The van der Waals surface area contributed by atoms with E-state index in [2.05, 4.69) is 16.4 Å². The van der Waals surface area contributed by atoms with E-state index in [0.29, 0.717) is 6.54 Å². The molecular formula is C18H18N2OS2. The van der Waals surface area contributed by atoms with E-state index in [0.717, 1.165) is 21.4 Å². The van der Waals surface area contributed by atoms with E-state index in [9.17, 15) is 4.79 Å². The third-order valence-electron chi connectivity index (χ3n) is 3.51. The van der Waals surface area contributed by atoms with E-state index in [1.807, 2.05) is 55.5 Å². The van der Waals surface area contributed by atoms with Crippen LogP contribution in [0.2, 0.25) is 0 Å². The van der Waals surface area contributed by atoms with Crippen LogP contribution in [0, 0.1) is 0 Å². The van der Waals surface area contributed by atoms with Crippen LogP contribution < -0.4 is 5.32 Å². The highest BCUT2D eigenvalue weighted by atomic mass is 32.2. The third kappa shape index (κ3) is 4.39. The SMILES string of the molecule is CC(SC1=Nc2ccccc2CS1)C(=O)NCc1ccccc1. The van der Waals surface area contributed by atoms with Crippen LogP contribution in [0.3, 0.4) is 0 Å². The van der Waals surface area contributed by atoms with Gasteiger partial charge in [0, 0.05) is 12.3 Å². The van der Waals surface area contributed by atoms with E-state index in [1.165, 1.54) is 17.3 Å². The zero-order valence-corrected chi connectivity index (χ0v) is 14.5. The Morgan fingerprint density at radius 1 is 1.22 bits per heavy atom. The van der Waals surface area contributed by atoms with Crippen molar-refractivity contribution in [1.29, 1.82) is 0 Å². The molecule has 1 amide bonds. The lowest BCUT2D eigenvalue weighted by Gasteiger charge is -2.17. The molecule has 2 aromatic carbocycles. The Bertz CT molecular complexity index is 716. The minimum Gasteiger partial charge on any atom is -0.351 e. The molecule has 1 N–H and O–H groups in total. The Kier molecular flexibility index (Phi) is 5.41. The molecule has 1 aliphatic rings. The third-order valence-corrected chi connectivity index (χ3v) is 5.81. The molecule has 118 valence electrons. The molecule has 5 heteroatoms. The van der Waals surface area contributed by atoms with Gasteiger partial charge in [0.15, 0.2) is 0 Å². The summed E-state index contributed by atoms with van der Waals surface area (Å²) >= 11 is 3.23. The standard InChI is InChI=1S/C18H18N2OS2/c1-13(17(21)19-11-14-7-3-2-4-8-14)23-18-20-16-10-6-5-9-15(16)12-22-18/h2-10,13H,11-12H2,1H3,(H,19,21). The van der Waals surface area contributed by atoms with Gasteiger partial charge < -0.3 is 5.32 Å². The second kappa shape index (κ2) is 7.70. The molecule has 1 heterocycles. The number of thioether (sulfide) groups is 2. The Morgan fingerprint density at radius 2 is 1.96 bits per heavy atom. The monoisotopic (exact) mass is 342 g/mol. The van der Waals surface area contributed by atoms with Crippen molar-refractivity contribution in [2.45, 2.75) is 24.5 Å². The molecule has 0 aromatic heterocycles. The Labute approximate surface area is 145 Å². The van der Waals surface area contributed by atoms with Crippen LogP contribution in [0.5, 0.6) is 0 Å². The number of carbonyl (C=O) groups is 1. The minimum atomic E-state index is -0.157. The second-order valence-electron chi connectivity index (χ2n) is 5.26. The fourth-order valence-corrected chi connectivity index (χ4v) is 4.42. The lowest BCUT2D eigenvalue weighted by atomic mass is 10.2. The molecule has 0 radical (unpaired) electrons. The highest BCUT2D eigenvalue weighted by Crippen LogP contribution is 2.35. The topological polar surface area (TPSA) is 41.5 Å². The van der Waals surface area contributed by atoms with E-state index in [1.54, 1.807) is 11.8 Å². The largest absolute Gasteiger partial charge is 0.351 e. The van der Waals surface area contributed by atoms with Crippen LogP contribution in [0.4, 0.5) is 5.69 Å². The number of hydrogen-bond acceptors (Lipinski definition) is 4. The van der Waals surface area contributed by atoms with Crippen molar-refractivity contribution in [1.82, 2.24) is 5.32 Å². The Morgan fingerprint density at radius 3 is 2.78 bits per heavy atom. The number of para-hydroxylation sites is 1. The lowest BCUT2D eigenvalue weighted by Crippen LogP contribution is -2.31. The van der Waals surface area contributed by atoms with Gasteiger partial charge in [-0.25, -0.2) is 4.99 Å². The first kappa shape index (κ1) is 16.1. The summed E-state index contributed by atoms with van der Waals surface area (Å²) in [5, 5.41) is 2.83. The van der Waals surface area contributed by atoms with Crippen LogP contribution in [0.15, 0.2) is 59.6 Å². The summed E-state index contributed by atoms with van der Waals surface area (Å²) in [6, 6.07) is 18.1. The summed E-state index contributed by atoms with van der Waals surface area (Å²) in [6.45, 7) is 2.49. The van der Waals surface area contributed by atoms with Crippen molar-refractivity contribution in [3.8, 4) is 0 Å². The fraction of sp³-hybridized carbons (Fsp3) is 0.222. The van der Waals surface area contributed by atoms with Crippen molar-refractivity contribution in [2.75, 3.05) is 0 Å². The molecule has 3 rings (SSSR count). The van der Waals surface area contributed by atoms with Crippen LogP contribution in [0.1, 0.15) is 18.1 Å². The van der Waals surface area contributed by atoms with Crippen molar-refractivity contribution in [3.63, 3.8) is 0 Å². The van der Waals surface area contributed by atoms with Gasteiger partial charge in [-0.15, -0.1) is 0 Å². The van der Waals surface area contributed by atoms with Gasteiger partial charge in [0.05, 0.1) is 10.9 Å². The molecule has 0 saturated carbocycles. The molecule has 0 aliphatic carbocycles. The van der Waals surface area contributed by atoms with Crippen molar-refractivity contribution < 1.29 is 4.79 Å². The van der Waals surface area contributed by atoms with Gasteiger partial charge in [-0.1, -0.05) is 72.1 Å². The molecule has 0 saturated heterocycles. The zero-order valence-electron chi connectivity index (χ0n) is 12.9. The smallest absolute Gasteiger partial charge is 0.233 e. The maximum absolute atomic E-state index is 12.2. The van der Waals surface area contributed by atoms with E-state index >= 15 is 0 Å². The van der Waals surface area contributed by atoms with Gasteiger partial charge in [-0.3, -0.25) is 4.79 Å². The zero-order chi connectivity index (χ0) is 16.1. The quantitative estimate of drug-likeness (QED) is 0.897. The predicted octanol–water partition coefficient (Wildman–Crippen LogP) is 4.36. The van der Waals surface area contributed by atoms with Crippen molar-refractivity contribution >= 4 is 39.5 Å². The predicted molar refractivity (Wildman–Crippen MR) is 100 cm³/mol. The first-order valence-corrected chi connectivity index (χ1v) is 9.36. The molecule has 1 aliphatic heterocycles. The molecule has 0 fully saturated rings. The van der Waals surface area contributed by atoms with Crippen molar-refractivity contribution in [3.05, 3.63) is 65.7 Å². The van der Waals surface area contributed by atoms with Crippen LogP contribution in [-0.4, -0.2) is 15.5 Å². The van der Waals surface area contributed by atoms with Gasteiger partial charge in [-0.05, 0) is 24.1 Å². The summed E-state index contributed by atoms with van der Waals surface area (Å²) in [5.41, 5.74) is 3.38.